The first kappa shape index (κ1) is 14.9. The van der Waals surface area contributed by atoms with E-state index < -0.39 is 0 Å². The third kappa shape index (κ3) is 4.01. The first-order valence-electron chi connectivity index (χ1n) is 8.28. The molecule has 0 aliphatic carbocycles. The Kier molecular flexibility index (Phi) is 5.32. The molecule has 0 unspecified atom stereocenters. The number of fused-ring (bicyclic) bond motifs is 2. The van der Waals surface area contributed by atoms with E-state index >= 15 is 0 Å². The summed E-state index contributed by atoms with van der Waals surface area (Å²) in [5.74, 6) is 0. The summed E-state index contributed by atoms with van der Waals surface area (Å²) in [7, 11) is 0. The van der Waals surface area contributed by atoms with Crippen LogP contribution in [-0.2, 0) is 13.0 Å². The van der Waals surface area contributed by atoms with Crippen LogP contribution >= 0.6 is 0 Å². The number of rotatable bonds is 0. The minimum absolute atomic E-state index is 0.989. The second-order valence-electron chi connectivity index (χ2n) is 5.80. The molecule has 116 valence electrons. The molecule has 22 heavy (non-hydrogen) atoms. The Morgan fingerprint density at radius 3 is 2.18 bits per heavy atom. The lowest BCUT2D eigenvalue weighted by Gasteiger charge is -2.04. The van der Waals surface area contributed by atoms with E-state index in [0.717, 1.165) is 26.2 Å². The first-order chi connectivity index (χ1) is 10.9. The van der Waals surface area contributed by atoms with Crippen molar-refractivity contribution in [2.75, 3.05) is 30.3 Å². The standard InChI is InChI=1S/C10H13N.C9H12N2/c1-2-7-10-9(5-1)6-3-4-8-11-10;1-2-4-9-8(3-1)7-10-5-6-11-9/h1-2,5,7,11H,3-4,6,8H2;1-4,10-11H,5-7H2. The summed E-state index contributed by atoms with van der Waals surface area (Å²) in [4.78, 5) is 0. The molecular weight excluding hydrogens is 270 g/mol. The van der Waals surface area contributed by atoms with Crippen molar-refractivity contribution in [2.24, 2.45) is 0 Å². The summed E-state index contributed by atoms with van der Waals surface area (Å²) >= 11 is 0. The van der Waals surface area contributed by atoms with Gasteiger partial charge in [0.05, 0.1) is 0 Å². The minimum atomic E-state index is 0.989. The van der Waals surface area contributed by atoms with E-state index in [-0.39, 0.29) is 0 Å². The monoisotopic (exact) mass is 295 g/mol. The Morgan fingerprint density at radius 1 is 0.636 bits per heavy atom. The zero-order valence-electron chi connectivity index (χ0n) is 13.1. The summed E-state index contributed by atoms with van der Waals surface area (Å²) < 4.78 is 0. The van der Waals surface area contributed by atoms with Gasteiger partial charge in [0, 0.05) is 37.6 Å². The fourth-order valence-corrected chi connectivity index (χ4v) is 2.93. The molecule has 2 heterocycles. The molecule has 0 bridgehead atoms. The predicted octanol–water partition coefficient (Wildman–Crippen LogP) is 3.64. The Morgan fingerprint density at radius 2 is 1.32 bits per heavy atom. The van der Waals surface area contributed by atoms with Gasteiger partial charge in [-0.3, -0.25) is 0 Å². The summed E-state index contributed by atoms with van der Waals surface area (Å²) in [5, 5.41) is 10.1. The molecule has 2 aliphatic rings. The van der Waals surface area contributed by atoms with Crippen LogP contribution in [0.25, 0.3) is 0 Å². The molecule has 3 heteroatoms. The number of aryl methyl sites for hydroxylation is 1. The molecule has 3 nitrogen and oxygen atoms in total. The molecule has 2 aliphatic heterocycles. The lowest BCUT2D eigenvalue weighted by molar-refractivity contribution is 0.725. The van der Waals surface area contributed by atoms with Crippen LogP contribution in [0.5, 0.6) is 0 Å². The third-order valence-corrected chi connectivity index (χ3v) is 4.16. The highest BCUT2D eigenvalue weighted by Crippen LogP contribution is 2.20. The zero-order chi connectivity index (χ0) is 15.0. The normalized spacial score (nSPS) is 16.4. The molecule has 0 fully saturated rings. The fourth-order valence-electron chi connectivity index (χ4n) is 2.93. The molecule has 0 aromatic heterocycles. The molecule has 0 radical (unpaired) electrons. The van der Waals surface area contributed by atoms with Gasteiger partial charge in [0.1, 0.15) is 0 Å². The highest BCUT2D eigenvalue weighted by molar-refractivity contribution is 5.52. The Labute approximate surface area is 133 Å². The van der Waals surface area contributed by atoms with Crippen LogP contribution in [0.2, 0.25) is 0 Å². The van der Waals surface area contributed by atoms with Crippen LogP contribution in [0.15, 0.2) is 48.5 Å². The lowest BCUT2D eigenvalue weighted by atomic mass is 10.1. The van der Waals surface area contributed by atoms with E-state index in [4.69, 9.17) is 0 Å². The average molecular weight is 295 g/mol. The molecule has 0 amide bonds. The summed E-state index contributed by atoms with van der Waals surface area (Å²) in [6.45, 7) is 4.20. The quantitative estimate of drug-likeness (QED) is 0.694. The Bertz CT molecular complexity index is 491. The van der Waals surface area contributed by atoms with Crippen molar-refractivity contribution in [3.63, 3.8) is 0 Å². The maximum atomic E-state index is 3.43. The van der Waals surface area contributed by atoms with Crippen molar-refractivity contribution in [1.29, 1.82) is 0 Å². The second kappa shape index (κ2) is 7.85. The molecule has 2 aromatic rings. The van der Waals surface area contributed by atoms with Gasteiger partial charge in [-0.05, 0) is 42.5 Å². The molecule has 4 rings (SSSR count). The number of benzene rings is 2. The van der Waals surface area contributed by atoms with Gasteiger partial charge in [0.15, 0.2) is 0 Å². The summed E-state index contributed by atoms with van der Waals surface area (Å²) in [6.07, 6.45) is 3.86. The maximum Gasteiger partial charge on any atom is 0.0386 e. The van der Waals surface area contributed by atoms with Crippen molar-refractivity contribution in [3.05, 3.63) is 59.7 Å². The molecule has 2 aromatic carbocycles. The number of anilines is 2. The van der Waals surface area contributed by atoms with E-state index in [1.807, 2.05) is 0 Å². The summed E-state index contributed by atoms with van der Waals surface area (Å²) in [5.41, 5.74) is 5.46. The number of para-hydroxylation sites is 2. The van der Waals surface area contributed by atoms with Crippen molar-refractivity contribution >= 4 is 11.4 Å². The van der Waals surface area contributed by atoms with Crippen molar-refractivity contribution in [2.45, 2.75) is 25.8 Å². The van der Waals surface area contributed by atoms with Crippen molar-refractivity contribution in [3.8, 4) is 0 Å². The molecular formula is C19H25N3. The molecule has 0 saturated carbocycles. The van der Waals surface area contributed by atoms with Gasteiger partial charge >= 0.3 is 0 Å². The predicted molar refractivity (Wildman–Crippen MR) is 94.5 cm³/mol. The SMILES string of the molecule is c1ccc2c(c1)CCCCN2.c1ccc2c(c1)CNCCN2. The molecule has 0 atom stereocenters. The molecule has 0 spiro atoms. The Hall–Kier alpha value is -2.00. The van der Waals surface area contributed by atoms with Crippen LogP contribution in [0.1, 0.15) is 24.0 Å². The van der Waals surface area contributed by atoms with Crippen molar-refractivity contribution < 1.29 is 0 Å². The van der Waals surface area contributed by atoms with Crippen LogP contribution in [0.4, 0.5) is 11.4 Å². The van der Waals surface area contributed by atoms with Gasteiger partial charge in [-0.15, -0.1) is 0 Å². The Balaban J connectivity index is 0.000000131. The van der Waals surface area contributed by atoms with Crippen LogP contribution in [-0.4, -0.2) is 19.6 Å². The van der Waals surface area contributed by atoms with Crippen LogP contribution < -0.4 is 16.0 Å². The second-order valence-corrected chi connectivity index (χ2v) is 5.80. The maximum absolute atomic E-state index is 3.43. The van der Waals surface area contributed by atoms with Gasteiger partial charge in [-0.1, -0.05) is 36.4 Å². The third-order valence-electron chi connectivity index (χ3n) is 4.16. The minimum Gasteiger partial charge on any atom is -0.385 e. The largest absolute Gasteiger partial charge is 0.385 e. The first-order valence-corrected chi connectivity index (χ1v) is 8.28. The number of hydrogen-bond acceptors (Lipinski definition) is 3. The summed E-state index contributed by atoms with van der Waals surface area (Å²) in [6, 6.07) is 17.0. The van der Waals surface area contributed by atoms with Crippen LogP contribution in [0, 0.1) is 0 Å². The highest BCUT2D eigenvalue weighted by Gasteiger charge is 2.04. The fraction of sp³-hybridized carbons (Fsp3) is 0.368. The number of hydrogen-bond donors (Lipinski definition) is 3. The smallest absolute Gasteiger partial charge is 0.0386 e. The van der Waals surface area contributed by atoms with Gasteiger partial charge in [0.2, 0.25) is 0 Å². The van der Waals surface area contributed by atoms with Crippen LogP contribution in [0.3, 0.4) is 0 Å². The molecule has 0 saturated heterocycles. The van der Waals surface area contributed by atoms with E-state index in [2.05, 4.69) is 64.5 Å². The van der Waals surface area contributed by atoms with E-state index in [1.54, 1.807) is 0 Å². The molecule has 3 N–H and O–H groups in total. The lowest BCUT2D eigenvalue weighted by Crippen LogP contribution is -2.16. The highest BCUT2D eigenvalue weighted by atomic mass is 15.0. The number of nitrogens with one attached hydrogen (secondary N) is 3. The van der Waals surface area contributed by atoms with Gasteiger partial charge in [-0.2, -0.15) is 0 Å². The zero-order valence-corrected chi connectivity index (χ0v) is 13.1. The topological polar surface area (TPSA) is 36.1 Å². The average Bonchev–Trinajstić information content (AvgIpc) is 2.95. The van der Waals surface area contributed by atoms with Gasteiger partial charge < -0.3 is 16.0 Å². The van der Waals surface area contributed by atoms with E-state index in [1.165, 1.54) is 41.8 Å². The van der Waals surface area contributed by atoms with E-state index in [0.29, 0.717) is 0 Å². The van der Waals surface area contributed by atoms with Gasteiger partial charge in [-0.25, -0.2) is 0 Å². The van der Waals surface area contributed by atoms with E-state index in [9.17, 15) is 0 Å². The van der Waals surface area contributed by atoms with Crippen molar-refractivity contribution in [1.82, 2.24) is 5.32 Å². The van der Waals surface area contributed by atoms with Gasteiger partial charge in [0.25, 0.3) is 0 Å².